The summed E-state index contributed by atoms with van der Waals surface area (Å²) in [5, 5.41) is 2.64. The van der Waals surface area contributed by atoms with Crippen molar-refractivity contribution >= 4 is 18.8 Å². The molecule has 0 heterocycles. The predicted molar refractivity (Wildman–Crippen MR) is 105 cm³/mol. The van der Waals surface area contributed by atoms with E-state index in [0.717, 1.165) is 5.92 Å². The van der Waals surface area contributed by atoms with E-state index >= 15 is 0 Å². The van der Waals surface area contributed by atoms with Gasteiger partial charge in [0, 0.05) is 10.6 Å². The van der Waals surface area contributed by atoms with Crippen molar-refractivity contribution in [2.45, 2.75) is 46.1 Å². The average Bonchev–Trinajstić information content (AvgIpc) is 2.61. The van der Waals surface area contributed by atoms with Crippen LogP contribution in [0.2, 0.25) is 0 Å². The zero-order valence-electron chi connectivity index (χ0n) is 15.1. The van der Waals surface area contributed by atoms with E-state index in [-0.39, 0.29) is 0 Å². The molecule has 1 fully saturated rings. The molecule has 0 saturated heterocycles. The molecule has 0 amide bonds. The quantitative estimate of drug-likeness (QED) is 0.652. The molecule has 128 valence electrons. The molecule has 0 bridgehead atoms. The van der Waals surface area contributed by atoms with Crippen molar-refractivity contribution in [3.63, 3.8) is 0 Å². The van der Waals surface area contributed by atoms with Gasteiger partial charge in [-0.25, -0.2) is 0 Å². The summed E-state index contributed by atoms with van der Waals surface area (Å²) in [5.74, 6) is 2.14. The Bertz CT molecular complexity index is 571. The lowest BCUT2D eigenvalue weighted by Gasteiger charge is -2.39. The van der Waals surface area contributed by atoms with Gasteiger partial charge >= 0.3 is 0 Å². The molecule has 0 radical (unpaired) electrons. The Kier molecular flexibility index (Phi) is 6.09. The van der Waals surface area contributed by atoms with Crippen LogP contribution in [0.25, 0.3) is 0 Å². The van der Waals surface area contributed by atoms with E-state index in [1.54, 1.807) is 0 Å². The molecule has 2 aromatic rings. The van der Waals surface area contributed by atoms with E-state index in [1.165, 1.54) is 29.9 Å². The first kappa shape index (κ1) is 17.6. The molecule has 0 unspecified atom stereocenters. The molecule has 0 aromatic heterocycles. The fourth-order valence-electron chi connectivity index (χ4n) is 3.77. The topological polar surface area (TPSA) is 9.23 Å². The summed E-state index contributed by atoms with van der Waals surface area (Å²) in [6.45, 7) is 7.08. The normalized spacial score (nSPS) is 24.5. The third kappa shape index (κ3) is 4.26. The van der Waals surface area contributed by atoms with Crippen molar-refractivity contribution in [1.82, 2.24) is 0 Å². The molecule has 0 aliphatic heterocycles. The first-order chi connectivity index (χ1) is 11.6. The van der Waals surface area contributed by atoms with Crippen molar-refractivity contribution in [3.8, 4) is 0 Å². The van der Waals surface area contributed by atoms with Crippen molar-refractivity contribution in [2.75, 3.05) is 0 Å². The fourth-order valence-corrected chi connectivity index (χ4v) is 5.71. The first-order valence-electron chi connectivity index (χ1n) is 9.22. The molecule has 3 rings (SSSR count). The third-order valence-corrected chi connectivity index (χ3v) is 7.20. The van der Waals surface area contributed by atoms with Crippen LogP contribution in [0.1, 0.15) is 40.0 Å². The first-order valence-corrected chi connectivity index (χ1v) is 10.5. The standard InChI is InChI=1S/C22H29OP/c1-17(2)21-15-14-18(3)16-22(21)23-24(19-10-6-4-7-11-19)20-12-8-5-9-13-20/h4-13,17-18,21-22H,14-16H2,1-3H3/t18-,21+,22-/m1/s1. The van der Waals surface area contributed by atoms with Gasteiger partial charge in [-0.2, -0.15) is 0 Å². The highest BCUT2D eigenvalue weighted by atomic mass is 31.1. The molecule has 24 heavy (non-hydrogen) atoms. The highest BCUT2D eigenvalue weighted by Crippen LogP contribution is 2.44. The minimum Gasteiger partial charge on any atom is -0.346 e. The monoisotopic (exact) mass is 340 g/mol. The molecule has 1 nitrogen and oxygen atoms in total. The van der Waals surface area contributed by atoms with Crippen LogP contribution in [0, 0.1) is 17.8 Å². The molecular formula is C22H29OP. The average molecular weight is 340 g/mol. The van der Waals surface area contributed by atoms with Crippen LogP contribution in [0.3, 0.4) is 0 Å². The summed E-state index contributed by atoms with van der Waals surface area (Å²) >= 11 is 0. The molecule has 1 aliphatic carbocycles. The maximum absolute atomic E-state index is 6.87. The van der Waals surface area contributed by atoms with E-state index in [2.05, 4.69) is 81.4 Å². The molecule has 1 aliphatic rings. The summed E-state index contributed by atoms with van der Waals surface area (Å²) in [5.41, 5.74) is 0. The lowest BCUT2D eigenvalue weighted by Crippen LogP contribution is -2.34. The van der Waals surface area contributed by atoms with Gasteiger partial charge in [0.25, 0.3) is 0 Å². The summed E-state index contributed by atoms with van der Waals surface area (Å²) in [4.78, 5) is 0. The minimum absolute atomic E-state index is 0.375. The summed E-state index contributed by atoms with van der Waals surface area (Å²) in [7, 11) is -0.744. The van der Waals surface area contributed by atoms with E-state index in [0.29, 0.717) is 17.9 Å². The zero-order valence-corrected chi connectivity index (χ0v) is 16.0. The van der Waals surface area contributed by atoms with Gasteiger partial charge < -0.3 is 4.52 Å². The van der Waals surface area contributed by atoms with Crippen LogP contribution < -0.4 is 10.6 Å². The molecule has 3 atom stereocenters. The van der Waals surface area contributed by atoms with E-state index in [9.17, 15) is 0 Å². The number of hydrogen-bond donors (Lipinski definition) is 0. The number of rotatable bonds is 5. The minimum atomic E-state index is -0.744. The van der Waals surface area contributed by atoms with Gasteiger partial charge in [0.15, 0.2) is 0 Å². The second-order valence-electron chi connectivity index (χ2n) is 7.44. The number of benzene rings is 2. The predicted octanol–water partition coefficient (Wildman–Crippen LogP) is 5.51. The Labute approximate surface area is 148 Å². The lowest BCUT2D eigenvalue weighted by molar-refractivity contribution is 0.0576. The smallest absolute Gasteiger partial charge is 0.0921 e. The van der Waals surface area contributed by atoms with Gasteiger partial charge in [-0.1, -0.05) is 87.9 Å². The van der Waals surface area contributed by atoms with Crippen molar-refractivity contribution in [1.29, 1.82) is 0 Å². The van der Waals surface area contributed by atoms with Crippen molar-refractivity contribution in [3.05, 3.63) is 60.7 Å². The molecule has 0 N–H and O–H groups in total. The number of hydrogen-bond acceptors (Lipinski definition) is 1. The molecule has 2 heteroatoms. The maximum Gasteiger partial charge on any atom is 0.0921 e. The van der Waals surface area contributed by atoms with E-state index < -0.39 is 8.15 Å². The van der Waals surface area contributed by atoms with Gasteiger partial charge in [-0.05, 0) is 30.6 Å². The zero-order chi connectivity index (χ0) is 16.9. The lowest BCUT2D eigenvalue weighted by atomic mass is 9.75. The Morgan fingerprint density at radius 2 is 1.42 bits per heavy atom. The van der Waals surface area contributed by atoms with Crippen LogP contribution in [0.4, 0.5) is 0 Å². The van der Waals surface area contributed by atoms with Gasteiger partial charge in [-0.3, -0.25) is 0 Å². The van der Waals surface area contributed by atoms with Crippen molar-refractivity contribution < 1.29 is 4.52 Å². The van der Waals surface area contributed by atoms with Crippen LogP contribution >= 0.6 is 8.15 Å². The van der Waals surface area contributed by atoms with Gasteiger partial charge in [0.2, 0.25) is 0 Å². The van der Waals surface area contributed by atoms with Crippen LogP contribution in [-0.2, 0) is 4.52 Å². The second kappa shape index (κ2) is 8.28. The molecular weight excluding hydrogens is 311 g/mol. The Morgan fingerprint density at radius 1 is 0.875 bits per heavy atom. The van der Waals surface area contributed by atoms with Gasteiger partial charge in [-0.15, -0.1) is 0 Å². The third-order valence-electron chi connectivity index (χ3n) is 5.18. The Balaban J connectivity index is 1.88. The maximum atomic E-state index is 6.87. The summed E-state index contributed by atoms with van der Waals surface area (Å²) in [6, 6.07) is 21.5. The van der Waals surface area contributed by atoms with E-state index in [1.807, 2.05) is 0 Å². The van der Waals surface area contributed by atoms with Crippen LogP contribution in [0.15, 0.2) is 60.7 Å². The largest absolute Gasteiger partial charge is 0.346 e. The second-order valence-corrected chi connectivity index (χ2v) is 9.27. The highest BCUT2D eigenvalue weighted by Gasteiger charge is 2.34. The van der Waals surface area contributed by atoms with E-state index in [4.69, 9.17) is 4.52 Å². The Hall–Kier alpha value is -1.17. The molecule has 2 aromatic carbocycles. The van der Waals surface area contributed by atoms with Crippen LogP contribution in [-0.4, -0.2) is 6.10 Å². The fraction of sp³-hybridized carbons (Fsp3) is 0.455. The van der Waals surface area contributed by atoms with Crippen LogP contribution in [0.5, 0.6) is 0 Å². The van der Waals surface area contributed by atoms with Gasteiger partial charge in [0.05, 0.1) is 14.3 Å². The summed E-state index contributed by atoms with van der Waals surface area (Å²) in [6.07, 6.45) is 4.22. The SMILES string of the molecule is CC(C)[C@@H]1CC[C@@H](C)C[C@H]1OP(c1ccccc1)c1ccccc1. The highest BCUT2D eigenvalue weighted by molar-refractivity contribution is 7.68. The van der Waals surface area contributed by atoms with Crippen molar-refractivity contribution in [2.24, 2.45) is 17.8 Å². The summed E-state index contributed by atoms with van der Waals surface area (Å²) < 4.78 is 6.87. The molecule has 0 spiro atoms. The molecule has 1 saturated carbocycles. The van der Waals surface area contributed by atoms with Gasteiger partial charge in [0.1, 0.15) is 0 Å². The Morgan fingerprint density at radius 3 is 1.92 bits per heavy atom.